The maximum Gasteiger partial charge on any atom is 0.148 e. The van der Waals surface area contributed by atoms with Crippen LogP contribution in [0, 0.1) is 13.8 Å². The fourth-order valence-electron chi connectivity index (χ4n) is 1.98. The number of benzene rings is 1. The summed E-state index contributed by atoms with van der Waals surface area (Å²) in [7, 11) is 1.98. The van der Waals surface area contributed by atoms with Gasteiger partial charge in [0.15, 0.2) is 0 Å². The second-order valence-corrected chi connectivity index (χ2v) is 4.16. The highest BCUT2D eigenvalue weighted by atomic mass is 15.3. The number of aryl methyl sites for hydroxylation is 1. The first-order valence-corrected chi connectivity index (χ1v) is 5.72. The van der Waals surface area contributed by atoms with Gasteiger partial charge in [-0.05, 0) is 25.5 Å². The highest BCUT2D eigenvalue weighted by Crippen LogP contribution is 2.28. The van der Waals surface area contributed by atoms with Crippen LogP contribution >= 0.6 is 0 Å². The molecule has 0 fully saturated rings. The zero-order valence-corrected chi connectivity index (χ0v) is 10.8. The van der Waals surface area contributed by atoms with Crippen molar-refractivity contribution in [2.24, 2.45) is 5.84 Å². The lowest BCUT2D eigenvalue weighted by Crippen LogP contribution is -2.17. The molecule has 0 spiro atoms. The maximum absolute atomic E-state index is 5.43. The van der Waals surface area contributed by atoms with Crippen molar-refractivity contribution in [1.29, 1.82) is 0 Å². The van der Waals surface area contributed by atoms with Gasteiger partial charge in [0.1, 0.15) is 18.0 Å². The third-order valence-corrected chi connectivity index (χ3v) is 2.99. The normalized spacial score (nSPS) is 10.2. The van der Waals surface area contributed by atoms with Gasteiger partial charge in [0.2, 0.25) is 0 Å². The quantitative estimate of drug-likeness (QED) is 0.638. The third-order valence-electron chi connectivity index (χ3n) is 2.99. The SMILES string of the molecule is Cc1ccccc1N(C)c1ncnc(NN)c1C. The van der Waals surface area contributed by atoms with E-state index in [1.54, 1.807) is 0 Å². The summed E-state index contributed by atoms with van der Waals surface area (Å²) in [5, 5.41) is 0. The van der Waals surface area contributed by atoms with Crippen LogP contribution in [0.2, 0.25) is 0 Å². The molecule has 0 saturated carbocycles. The molecule has 2 aromatic rings. The van der Waals surface area contributed by atoms with Crippen molar-refractivity contribution in [2.45, 2.75) is 13.8 Å². The second kappa shape index (κ2) is 5.01. The molecule has 0 aliphatic rings. The number of hydrogen-bond donors (Lipinski definition) is 2. The van der Waals surface area contributed by atoms with E-state index in [1.807, 2.05) is 31.0 Å². The van der Waals surface area contributed by atoms with Crippen molar-refractivity contribution in [3.05, 3.63) is 41.7 Å². The molecule has 5 heteroatoms. The lowest BCUT2D eigenvalue weighted by atomic mass is 10.2. The van der Waals surface area contributed by atoms with Crippen molar-refractivity contribution in [2.75, 3.05) is 17.4 Å². The van der Waals surface area contributed by atoms with Crippen LogP contribution < -0.4 is 16.2 Å². The lowest BCUT2D eigenvalue weighted by Gasteiger charge is -2.22. The van der Waals surface area contributed by atoms with Crippen LogP contribution in [0.25, 0.3) is 0 Å². The monoisotopic (exact) mass is 243 g/mol. The van der Waals surface area contributed by atoms with Crippen LogP contribution in [0.5, 0.6) is 0 Å². The molecule has 0 atom stereocenters. The number of nitrogens with two attached hydrogens (primary N) is 1. The van der Waals surface area contributed by atoms with Gasteiger partial charge < -0.3 is 10.3 Å². The first kappa shape index (κ1) is 12.3. The van der Waals surface area contributed by atoms with Gasteiger partial charge in [-0.25, -0.2) is 15.8 Å². The Balaban J connectivity index is 2.47. The molecule has 94 valence electrons. The predicted molar refractivity (Wildman–Crippen MR) is 73.8 cm³/mol. The van der Waals surface area contributed by atoms with Crippen LogP contribution in [-0.4, -0.2) is 17.0 Å². The molecule has 0 bridgehead atoms. The first-order chi connectivity index (χ1) is 8.65. The van der Waals surface area contributed by atoms with Crippen LogP contribution in [-0.2, 0) is 0 Å². The zero-order chi connectivity index (χ0) is 13.1. The number of nitrogens with one attached hydrogen (secondary N) is 1. The minimum Gasteiger partial charge on any atom is -0.329 e. The summed E-state index contributed by atoms with van der Waals surface area (Å²) in [6.45, 7) is 4.02. The van der Waals surface area contributed by atoms with Crippen LogP contribution in [0.1, 0.15) is 11.1 Å². The van der Waals surface area contributed by atoms with Crippen molar-refractivity contribution in [1.82, 2.24) is 9.97 Å². The largest absolute Gasteiger partial charge is 0.329 e. The van der Waals surface area contributed by atoms with E-state index in [2.05, 4.69) is 34.5 Å². The van der Waals surface area contributed by atoms with E-state index in [1.165, 1.54) is 11.9 Å². The van der Waals surface area contributed by atoms with Crippen LogP contribution in [0.15, 0.2) is 30.6 Å². The molecule has 3 N–H and O–H groups in total. The number of nitrogen functional groups attached to an aromatic ring is 1. The topological polar surface area (TPSA) is 67.1 Å². The molecule has 1 aromatic heterocycles. The van der Waals surface area contributed by atoms with E-state index in [0.717, 1.165) is 17.1 Å². The Hall–Kier alpha value is -2.14. The number of hydrazine groups is 1. The first-order valence-electron chi connectivity index (χ1n) is 5.72. The average Bonchev–Trinajstić information content (AvgIpc) is 2.39. The van der Waals surface area contributed by atoms with Gasteiger partial charge in [0.25, 0.3) is 0 Å². The van der Waals surface area contributed by atoms with Crippen molar-refractivity contribution >= 4 is 17.3 Å². The smallest absolute Gasteiger partial charge is 0.148 e. The number of anilines is 3. The minimum absolute atomic E-state index is 0.639. The molecule has 2 rings (SSSR count). The summed E-state index contributed by atoms with van der Waals surface area (Å²) < 4.78 is 0. The summed E-state index contributed by atoms with van der Waals surface area (Å²) in [5.41, 5.74) is 5.81. The van der Waals surface area contributed by atoms with E-state index >= 15 is 0 Å². The number of nitrogens with zero attached hydrogens (tertiary/aromatic N) is 3. The Labute approximate surface area is 107 Å². The van der Waals surface area contributed by atoms with E-state index in [9.17, 15) is 0 Å². The summed E-state index contributed by atoms with van der Waals surface area (Å²) >= 11 is 0. The Morgan fingerprint density at radius 1 is 1.17 bits per heavy atom. The molecule has 1 aromatic carbocycles. The van der Waals surface area contributed by atoms with Crippen LogP contribution in [0.3, 0.4) is 0 Å². The molecule has 0 radical (unpaired) electrons. The van der Waals surface area contributed by atoms with Gasteiger partial charge in [-0.1, -0.05) is 18.2 Å². The zero-order valence-electron chi connectivity index (χ0n) is 10.8. The summed E-state index contributed by atoms with van der Waals surface area (Å²) in [6.07, 6.45) is 1.51. The summed E-state index contributed by atoms with van der Waals surface area (Å²) in [5.74, 6) is 6.91. The number of hydrogen-bond acceptors (Lipinski definition) is 5. The fourth-order valence-corrected chi connectivity index (χ4v) is 1.98. The van der Waals surface area contributed by atoms with Gasteiger partial charge in [0.05, 0.1) is 0 Å². The van der Waals surface area contributed by atoms with E-state index < -0.39 is 0 Å². The molecule has 0 saturated heterocycles. The van der Waals surface area contributed by atoms with Crippen LogP contribution in [0.4, 0.5) is 17.3 Å². The fraction of sp³-hybridized carbons (Fsp3) is 0.231. The standard InChI is InChI=1S/C13H17N5/c1-9-6-4-5-7-11(9)18(3)13-10(2)12(17-14)15-8-16-13/h4-8H,14H2,1-3H3,(H,15,16,17). The Morgan fingerprint density at radius 2 is 1.89 bits per heavy atom. The minimum atomic E-state index is 0.639. The number of rotatable bonds is 3. The molecule has 1 heterocycles. The van der Waals surface area contributed by atoms with Crippen molar-refractivity contribution < 1.29 is 0 Å². The van der Waals surface area contributed by atoms with Gasteiger partial charge >= 0.3 is 0 Å². The molecular weight excluding hydrogens is 226 g/mol. The Bertz CT molecular complexity index is 553. The molecule has 0 aliphatic heterocycles. The van der Waals surface area contributed by atoms with Crippen molar-refractivity contribution in [3.8, 4) is 0 Å². The third kappa shape index (κ3) is 2.12. The number of aromatic nitrogens is 2. The van der Waals surface area contributed by atoms with Gasteiger partial charge in [-0.2, -0.15) is 0 Å². The van der Waals surface area contributed by atoms with E-state index in [4.69, 9.17) is 5.84 Å². The van der Waals surface area contributed by atoms with Crippen molar-refractivity contribution in [3.63, 3.8) is 0 Å². The van der Waals surface area contributed by atoms with E-state index in [0.29, 0.717) is 5.82 Å². The van der Waals surface area contributed by atoms with Gasteiger partial charge in [0, 0.05) is 18.3 Å². The highest BCUT2D eigenvalue weighted by molar-refractivity contribution is 5.68. The summed E-state index contributed by atoms with van der Waals surface area (Å²) in [6, 6.07) is 8.17. The maximum atomic E-state index is 5.43. The number of para-hydroxylation sites is 1. The Morgan fingerprint density at radius 3 is 2.56 bits per heavy atom. The molecule has 0 aliphatic carbocycles. The molecule has 5 nitrogen and oxygen atoms in total. The van der Waals surface area contributed by atoms with Gasteiger partial charge in [-0.3, -0.25) is 0 Å². The second-order valence-electron chi connectivity index (χ2n) is 4.16. The highest BCUT2D eigenvalue weighted by Gasteiger charge is 2.13. The average molecular weight is 243 g/mol. The summed E-state index contributed by atoms with van der Waals surface area (Å²) in [4.78, 5) is 10.4. The molecule has 0 amide bonds. The Kier molecular flexibility index (Phi) is 3.43. The lowest BCUT2D eigenvalue weighted by molar-refractivity contribution is 1.04. The van der Waals surface area contributed by atoms with E-state index in [-0.39, 0.29) is 0 Å². The molecule has 18 heavy (non-hydrogen) atoms. The predicted octanol–water partition coefficient (Wildman–Crippen LogP) is 2.15. The molecular formula is C13H17N5. The molecule has 0 unspecified atom stereocenters. The van der Waals surface area contributed by atoms with Gasteiger partial charge in [-0.15, -0.1) is 0 Å².